The lowest BCUT2D eigenvalue weighted by molar-refractivity contribution is 0.0951. The number of aromatic amines is 1. The maximum atomic E-state index is 11.9. The Morgan fingerprint density at radius 1 is 1.39 bits per heavy atom. The summed E-state index contributed by atoms with van der Waals surface area (Å²) in [5.41, 5.74) is 9.10. The number of carbonyl (C=O) groups excluding carboxylic acids is 1. The van der Waals surface area contributed by atoms with Gasteiger partial charge in [0, 0.05) is 29.9 Å². The fourth-order valence-electron chi connectivity index (χ4n) is 1.62. The monoisotopic (exact) mass is 244 g/mol. The third-order valence-corrected chi connectivity index (χ3v) is 2.83. The van der Waals surface area contributed by atoms with Gasteiger partial charge in [-0.2, -0.15) is 5.10 Å². The molecule has 1 aromatic heterocycles. The number of hydrogen-bond acceptors (Lipinski definition) is 3. The van der Waals surface area contributed by atoms with Crippen molar-refractivity contribution >= 4 is 5.91 Å². The van der Waals surface area contributed by atoms with Crippen LogP contribution in [0.15, 0.2) is 30.5 Å². The molecular formula is C13H16N4O. The summed E-state index contributed by atoms with van der Waals surface area (Å²) >= 11 is 0. The Kier molecular flexibility index (Phi) is 3.74. The number of amides is 1. The lowest BCUT2D eigenvalue weighted by Crippen LogP contribution is -2.22. The summed E-state index contributed by atoms with van der Waals surface area (Å²) in [4.78, 5) is 11.9. The predicted octanol–water partition coefficient (Wildman–Crippen LogP) is 1.11. The van der Waals surface area contributed by atoms with Crippen LogP contribution >= 0.6 is 0 Å². The minimum absolute atomic E-state index is 0.0980. The van der Waals surface area contributed by atoms with Crippen molar-refractivity contribution in [3.8, 4) is 0 Å². The van der Waals surface area contributed by atoms with Crippen LogP contribution in [0.2, 0.25) is 0 Å². The predicted molar refractivity (Wildman–Crippen MR) is 68.8 cm³/mol. The summed E-state index contributed by atoms with van der Waals surface area (Å²) < 4.78 is 0. The van der Waals surface area contributed by atoms with Crippen molar-refractivity contribution in [2.45, 2.75) is 20.0 Å². The number of aromatic nitrogens is 2. The molecule has 2 rings (SSSR count). The van der Waals surface area contributed by atoms with Crippen LogP contribution in [-0.4, -0.2) is 16.1 Å². The number of rotatable bonds is 4. The highest BCUT2D eigenvalue weighted by Gasteiger charge is 2.06. The molecule has 18 heavy (non-hydrogen) atoms. The minimum Gasteiger partial charge on any atom is -0.348 e. The summed E-state index contributed by atoms with van der Waals surface area (Å²) in [5, 5.41) is 9.59. The molecule has 94 valence electrons. The van der Waals surface area contributed by atoms with E-state index in [4.69, 9.17) is 5.73 Å². The molecule has 1 amide bonds. The highest BCUT2D eigenvalue weighted by molar-refractivity contribution is 5.94. The van der Waals surface area contributed by atoms with Crippen LogP contribution in [0.25, 0.3) is 0 Å². The topological polar surface area (TPSA) is 83.8 Å². The number of nitrogens with zero attached hydrogens (tertiary/aromatic N) is 1. The van der Waals surface area contributed by atoms with Crippen LogP contribution in [0.1, 0.15) is 27.2 Å². The fraction of sp³-hybridized carbons (Fsp3) is 0.231. The molecule has 0 fully saturated rings. The van der Waals surface area contributed by atoms with Crippen LogP contribution in [0.5, 0.6) is 0 Å². The van der Waals surface area contributed by atoms with Gasteiger partial charge in [0.1, 0.15) is 0 Å². The lowest BCUT2D eigenvalue weighted by Gasteiger charge is -2.05. The first kappa shape index (κ1) is 12.3. The molecule has 2 aromatic rings. The van der Waals surface area contributed by atoms with Gasteiger partial charge in [0.2, 0.25) is 0 Å². The highest BCUT2D eigenvalue weighted by atomic mass is 16.1. The van der Waals surface area contributed by atoms with Gasteiger partial charge in [-0.15, -0.1) is 0 Å². The molecule has 0 radical (unpaired) electrons. The molecule has 1 aromatic carbocycles. The average Bonchev–Trinajstić information content (AvgIpc) is 2.81. The molecule has 1 heterocycles. The van der Waals surface area contributed by atoms with Crippen molar-refractivity contribution in [1.82, 2.24) is 15.5 Å². The van der Waals surface area contributed by atoms with Gasteiger partial charge in [-0.3, -0.25) is 9.89 Å². The van der Waals surface area contributed by atoms with Crippen LogP contribution in [0.3, 0.4) is 0 Å². The molecule has 4 N–H and O–H groups in total. The van der Waals surface area contributed by atoms with E-state index in [-0.39, 0.29) is 5.91 Å². The second-order valence-corrected chi connectivity index (χ2v) is 4.10. The van der Waals surface area contributed by atoms with Crippen molar-refractivity contribution < 1.29 is 4.79 Å². The van der Waals surface area contributed by atoms with Crippen molar-refractivity contribution in [2.75, 3.05) is 0 Å². The SMILES string of the molecule is Cc1[nH]ncc1CNC(=O)c1ccc(CN)cc1. The van der Waals surface area contributed by atoms with Crippen molar-refractivity contribution in [3.05, 3.63) is 52.8 Å². The molecule has 0 atom stereocenters. The third-order valence-electron chi connectivity index (χ3n) is 2.83. The number of benzene rings is 1. The number of nitrogens with two attached hydrogens (primary N) is 1. The maximum absolute atomic E-state index is 11.9. The van der Waals surface area contributed by atoms with E-state index in [1.807, 2.05) is 19.1 Å². The summed E-state index contributed by atoms with van der Waals surface area (Å²) in [6, 6.07) is 7.27. The van der Waals surface area contributed by atoms with Gasteiger partial charge >= 0.3 is 0 Å². The van der Waals surface area contributed by atoms with Gasteiger partial charge in [0.25, 0.3) is 5.91 Å². The number of H-pyrrole nitrogens is 1. The Morgan fingerprint density at radius 3 is 2.67 bits per heavy atom. The molecule has 0 aliphatic rings. The van der Waals surface area contributed by atoms with Crippen molar-refractivity contribution in [1.29, 1.82) is 0 Å². The summed E-state index contributed by atoms with van der Waals surface area (Å²) in [7, 11) is 0. The zero-order chi connectivity index (χ0) is 13.0. The first-order valence-electron chi connectivity index (χ1n) is 5.76. The van der Waals surface area contributed by atoms with Crippen LogP contribution in [0, 0.1) is 6.92 Å². The second-order valence-electron chi connectivity index (χ2n) is 4.10. The normalized spacial score (nSPS) is 10.3. The van der Waals surface area contributed by atoms with Gasteiger partial charge < -0.3 is 11.1 Å². The zero-order valence-electron chi connectivity index (χ0n) is 10.2. The highest BCUT2D eigenvalue weighted by Crippen LogP contribution is 2.05. The smallest absolute Gasteiger partial charge is 0.251 e. The number of nitrogens with one attached hydrogen (secondary N) is 2. The maximum Gasteiger partial charge on any atom is 0.251 e. The number of hydrogen-bond donors (Lipinski definition) is 3. The average molecular weight is 244 g/mol. The minimum atomic E-state index is -0.0980. The molecule has 0 saturated carbocycles. The van der Waals surface area contributed by atoms with E-state index in [0.717, 1.165) is 16.8 Å². The first-order chi connectivity index (χ1) is 8.70. The quantitative estimate of drug-likeness (QED) is 0.753. The van der Waals surface area contributed by atoms with E-state index in [1.54, 1.807) is 18.3 Å². The van der Waals surface area contributed by atoms with E-state index < -0.39 is 0 Å². The van der Waals surface area contributed by atoms with Crippen molar-refractivity contribution in [3.63, 3.8) is 0 Å². The van der Waals surface area contributed by atoms with E-state index >= 15 is 0 Å². The van der Waals surface area contributed by atoms with E-state index in [1.165, 1.54) is 0 Å². The van der Waals surface area contributed by atoms with Gasteiger partial charge in [-0.05, 0) is 24.6 Å². The van der Waals surface area contributed by atoms with Crippen LogP contribution in [0.4, 0.5) is 0 Å². The Morgan fingerprint density at radius 2 is 2.11 bits per heavy atom. The Bertz CT molecular complexity index is 530. The van der Waals surface area contributed by atoms with Crippen molar-refractivity contribution in [2.24, 2.45) is 5.73 Å². The van der Waals surface area contributed by atoms with E-state index in [9.17, 15) is 4.79 Å². The lowest BCUT2D eigenvalue weighted by atomic mass is 10.1. The first-order valence-corrected chi connectivity index (χ1v) is 5.76. The fourth-order valence-corrected chi connectivity index (χ4v) is 1.62. The second kappa shape index (κ2) is 5.46. The molecule has 0 spiro atoms. The van der Waals surface area contributed by atoms with Gasteiger partial charge in [-0.25, -0.2) is 0 Å². The molecule has 5 nitrogen and oxygen atoms in total. The molecule has 5 heteroatoms. The standard InChI is InChI=1S/C13H16N4O/c1-9-12(8-16-17-9)7-15-13(18)11-4-2-10(6-14)3-5-11/h2-5,8H,6-7,14H2,1H3,(H,15,18)(H,16,17). The van der Waals surface area contributed by atoms with Crippen LogP contribution < -0.4 is 11.1 Å². The summed E-state index contributed by atoms with van der Waals surface area (Å²) in [6.07, 6.45) is 1.72. The molecule has 0 aliphatic carbocycles. The Balaban J connectivity index is 1.97. The van der Waals surface area contributed by atoms with Gasteiger partial charge in [0.05, 0.1) is 6.20 Å². The number of aryl methyl sites for hydroxylation is 1. The molecule has 0 bridgehead atoms. The summed E-state index contributed by atoms with van der Waals surface area (Å²) in [6.45, 7) is 2.88. The van der Waals surface area contributed by atoms with E-state index in [0.29, 0.717) is 18.7 Å². The van der Waals surface area contributed by atoms with Crippen LogP contribution in [-0.2, 0) is 13.1 Å². The summed E-state index contributed by atoms with van der Waals surface area (Å²) in [5.74, 6) is -0.0980. The van der Waals surface area contributed by atoms with Gasteiger partial charge in [-0.1, -0.05) is 12.1 Å². The molecular weight excluding hydrogens is 228 g/mol. The molecule has 0 aliphatic heterocycles. The third kappa shape index (κ3) is 2.75. The molecule has 0 unspecified atom stereocenters. The van der Waals surface area contributed by atoms with Gasteiger partial charge in [0.15, 0.2) is 0 Å². The Hall–Kier alpha value is -2.14. The van der Waals surface area contributed by atoms with E-state index in [2.05, 4.69) is 15.5 Å². The largest absolute Gasteiger partial charge is 0.348 e. The molecule has 0 saturated heterocycles. The zero-order valence-corrected chi connectivity index (χ0v) is 10.2. The number of carbonyl (C=O) groups is 1. The Labute approximate surface area is 105 Å².